The zero-order valence-electron chi connectivity index (χ0n) is 11.8. The van der Waals surface area contributed by atoms with Crippen molar-refractivity contribution in [1.82, 2.24) is 10.2 Å². The molecule has 3 unspecified atom stereocenters. The van der Waals surface area contributed by atoms with Gasteiger partial charge in [-0.3, -0.25) is 10.1 Å². The molecule has 1 saturated heterocycles. The fraction of sp³-hybridized carbons (Fsp3) is 0.929. The minimum absolute atomic E-state index is 0.0472. The summed E-state index contributed by atoms with van der Waals surface area (Å²) >= 11 is 0. The number of carbonyl (C=O) groups excluding carboxylic acids is 1. The van der Waals surface area contributed by atoms with E-state index in [2.05, 4.69) is 37.9 Å². The first-order valence-corrected chi connectivity index (χ1v) is 7.23. The lowest BCUT2D eigenvalue weighted by molar-refractivity contribution is -0.132. The molecule has 100 valence electrons. The normalized spacial score (nSPS) is 26.6. The van der Waals surface area contributed by atoms with Crippen LogP contribution in [0, 0.1) is 0 Å². The van der Waals surface area contributed by atoms with Gasteiger partial charge >= 0.3 is 0 Å². The first-order valence-electron chi connectivity index (χ1n) is 7.23. The Bertz CT molecular complexity index is 242. The van der Waals surface area contributed by atoms with Gasteiger partial charge in [0.1, 0.15) is 0 Å². The van der Waals surface area contributed by atoms with E-state index in [0.29, 0.717) is 11.9 Å². The number of unbranched alkanes of at least 4 members (excludes halogenated alkanes) is 1. The largest absolute Gasteiger partial charge is 0.323 e. The van der Waals surface area contributed by atoms with E-state index in [9.17, 15) is 4.79 Å². The summed E-state index contributed by atoms with van der Waals surface area (Å²) in [5, 5.41) is 3.40. The molecule has 0 spiro atoms. The van der Waals surface area contributed by atoms with Crippen LogP contribution in [0.2, 0.25) is 0 Å². The van der Waals surface area contributed by atoms with Crippen molar-refractivity contribution in [1.29, 1.82) is 0 Å². The topological polar surface area (TPSA) is 32.3 Å². The Hall–Kier alpha value is -0.570. The number of nitrogens with one attached hydrogen (secondary N) is 1. The molecule has 0 aromatic rings. The molecule has 0 radical (unpaired) electrons. The molecule has 3 atom stereocenters. The second-order valence-corrected chi connectivity index (χ2v) is 5.13. The van der Waals surface area contributed by atoms with Gasteiger partial charge in [0.05, 0.1) is 12.2 Å². The molecule has 1 rings (SSSR count). The first kappa shape index (κ1) is 14.5. The van der Waals surface area contributed by atoms with Crippen molar-refractivity contribution >= 4 is 5.91 Å². The molecule has 0 aliphatic carbocycles. The number of carbonyl (C=O) groups is 1. The van der Waals surface area contributed by atoms with Crippen LogP contribution in [-0.4, -0.2) is 29.1 Å². The molecule has 0 aromatic carbocycles. The van der Waals surface area contributed by atoms with Crippen LogP contribution in [0.1, 0.15) is 66.2 Å². The van der Waals surface area contributed by atoms with Gasteiger partial charge < -0.3 is 4.90 Å². The predicted octanol–water partition coefficient (Wildman–Crippen LogP) is 2.90. The van der Waals surface area contributed by atoms with Crippen LogP contribution >= 0.6 is 0 Å². The van der Waals surface area contributed by atoms with Crippen molar-refractivity contribution in [2.75, 3.05) is 0 Å². The second-order valence-electron chi connectivity index (χ2n) is 5.13. The SMILES string of the molecule is CCCCC(CCC)N1C(=O)C(CC)NC1C. The van der Waals surface area contributed by atoms with Crippen LogP contribution < -0.4 is 5.32 Å². The number of hydrogen-bond acceptors (Lipinski definition) is 2. The maximum absolute atomic E-state index is 12.3. The van der Waals surface area contributed by atoms with E-state index >= 15 is 0 Å². The van der Waals surface area contributed by atoms with E-state index < -0.39 is 0 Å². The lowest BCUT2D eigenvalue weighted by Crippen LogP contribution is -2.43. The zero-order valence-corrected chi connectivity index (χ0v) is 11.8. The molecular formula is C14H28N2O. The molecule has 1 heterocycles. The summed E-state index contributed by atoms with van der Waals surface area (Å²) < 4.78 is 0. The minimum Gasteiger partial charge on any atom is -0.323 e. The van der Waals surface area contributed by atoms with E-state index in [1.165, 1.54) is 12.8 Å². The van der Waals surface area contributed by atoms with Crippen molar-refractivity contribution < 1.29 is 4.79 Å². The van der Waals surface area contributed by atoms with Gasteiger partial charge in [0, 0.05) is 6.04 Å². The summed E-state index contributed by atoms with van der Waals surface area (Å²) in [4.78, 5) is 14.4. The summed E-state index contributed by atoms with van der Waals surface area (Å²) in [6.07, 6.45) is 6.97. The Morgan fingerprint density at radius 1 is 1.24 bits per heavy atom. The molecule has 3 heteroatoms. The molecule has 3 nitrogen and oxygen atoms in total. The molecule has 1 aliphatic rings. The van der Waals surface area contributed by atoms with Crippen molar-refractivity contribution in [3.8, 4) is 0 Å². The van der Waals surface area contributed by atoms with Gasteiger partial charge in [-0.25, -0.2) is 0 Å². The molecule has 0 aromatic heterocycles. The number of hydrogen-bond donors (Lipinski definition) is 1. The average molecular weight is 240 g/mol. The molecule has 1 amide bonds. The Labute approximate surface area is 106 Å². The molecule has 1 N–H and O–H groups in total. The van der Waals surface area contributed by atoms with Gasteiger partial charge in [-0.15, -0.1) is 0 Å². The molecule has 1 fully saturated rings. The predicted molar refractivity (Wildman–Crippen MR) is 71.7 cm³/mol. The van der Waals surface area contributed by atoms with Crippen molar-refractivity contribution in [2.45, 2.75) is 84.5 Å². The van der Waals surface area contributed by atoms with Crippen LogP contribution in [0.3, 0.4) is 0 Å². The summed E-state index contributed by atoms with van der Waals surface area (Å²) in [5.41, 5.74) is 0. The number of amides is 1. The summed E-state index contributed by atoms with van der Waals surface area (Å²) in [7, 11) is 0. The van der Waals surface area contributed by atoms with E-state index in [-0.39, 0.29) is 12.2 Å². The van der Waals surface area contributed by atoms with Crippen molar-refractivity contribution in [3.05, 3.63) is 0 Å². The third-order valence-corrected chi connectivity index (χ3v) is 3.73. The van der Waals surface area contributed by atoms with Gasteiger partial charge in [-0.2, -0.15) is 0 Å². The smallest absolute Gasteiger partial charge is 0.241 e. The Kier molecular flexibility index (Phi) is 5.96. The van der Waals surface area contributed by atoms with Crippen LogP contribution in [-0.2, 0) is 4.79 Å². The Morgan fingerprint density at radius 2 is 1.94 bits per heavy atom. The molecule has 17 heavy (non-hydrogen) atoms. The quantitative estimate of drug-likeness (QED) is 0.742. The van der Waals surface area contributed by atoms with Gasteiger partial charge in [-0.1, -0.05) is 40.0 Å². The Morgan fingerprint density at radius 3 is 2.41 bits per heavy atom. The third-order valence-electron chi connectivity index (χ3n) is 3.73. The van der Waals surface area contributed by atoms with E-state index in [0.717, 1.165) is 25.7 Å². The lowest BCUT2D eigenvalue weighted by atomic mass is 10.0. The average Bonchev–Trinajstić information content (AvgIpc) is 2.60. The second kappa shape index (κ2) is 7.00. The summed E-state index contributed by atoms with van der Waals surface area (Å²) in [6.45, 7) is 8.61. The molecular weight excluding hydrogens is 212 g/mol. The highest BCUT2D eigenvalue weighted by molar-refractivity contribution is 5.84. The van der Waals surface area contributed by atoms with Crippen LogP contribution in [0.15, 0.2) is 0 Å². The molecule has 0 saturated carbocycles. The van der Waals surface area contributed by atoms with Gasteiger partial charge in [0.2, 0.25) is 5.91 Å². The standard InChI is InChI=1S/C14H28N2O/c1-5-8-10-12(9-6-2)16-11(4)15-13(7-3)14(16)17/h11-13,15H,5-10H2,1-4H3. The minimum atomic E-state index is 0.0472. The van der Waals surface area contributed by atoms with Crippen molar-refractivity contribution in [3.63, 3.8) is 0 Å². The maximum atomic E-state index is 12.3. The van der Waals surface area contributed by atoms with Gasteiger partial charge in [0.25, 0.3) is 0 Å². The first-order chi connectivity index (χ1) is 8.15. The highest BCUT2D eigenvalue weighted by atomic mass is 16.2. The summed E-state index contributed by atoms with van der Waals surface area (Å²) in [6, 6.07) is 0.484. The molecule has 1 aliphatic heterocycles. The third kappa shape index (κ3) is 3.44. The Balaban J connectivity index is 2.68. The van der Waals surface area contributed by atoms with Crippen LogP contribution in [0.5, 0.6) is 0 Å². The number of nitrogens with zero attached hydrogens (tertiary/aromatic N) is 1. The van der Waals surface area contributed by atoms with Crippen LogP contribution in [0.4, 0.5) is 0 Å². The van der Waals surface area contributed by atoms with E-state index in [1.807, 2.05) is 0 Å². The fourth-order valence-corrected chi connectivity index (χ4v) is 2.80. The van der Waals surface area contributed by atoms with Crippen molar-refractivity contribution in [2.24, 2.45) is 0 Å². The highest BCUT2D eigenvalue weighted by Gasteiger charge is 2.38. The van der Waals surface area contributed by atoms with E-state index in [4.69, 9.17) is 0 Å². The lowest BCUT2D eigenvalue weighted by Gasteiger charge is -2.31. The van der Waals surface area contributed by atoms with E-state index in [1.54, 1.807) is 0 Å². The van der Waals surface area contributed by atoms with Crippen LogP contribution in [0.25, 0.3) is 0 Å². The monoisotopic (exact) mass is 240 g/mol. The highest BCUT2D eigenvalue weighted by Crippen LogP contribution is 2.22. The van der Waals surface area contributed by atoms with Gasteiger partial charge in [0.15, 0.2) is 0 Å². The summed E-state index contributed by atoms with van der Waals surface area (Å²) in [5.74, 6) is 0.314. The zero-order chi connectivity index (χ0) is 12.8. The fourth-order valence-electron chi connectivity index (χ4n) is 2.80. The van der Waals surface area contributed by atoms with Gasteiger partial charge in [-0.05, 0) is 26.2 Å². The maximum Gasteiger partial charge on any atom is 0.241 e. The molecule has 0 bridgehead atoms. The number of rotatable bonds is 7.